The monoisotopic (exact) mass is 326 g/mol. The number of hydrogen-bond donors (Lipinski definition) is 0. The summed E-state index contributed by atoms with van der Waals surface area (Å²) in [5.41, 5.74) is -4.63. The Morgan fingerprint density at radius 1 is 0.364 bits per heavy atom. The SMILES string of the molecule is Cc1c(F)c(C)c(-c2c(F)c(F)c(F)c(F)c2F)c(F)c1F. The molecule has 2 rings (SSSR count). The fourth-order valence-corrected chi connectivity index (χ4v) is 2.05. The van der Waals surface area contributed by atoms with E-state index in [1.54, 1.807) is 0 Å². The summed E-state index contributed by atoms with van der Waals surface area (Å²) in [7, 11) is 0. The van der Waals surface area contributed by atoms with Crippen LogP contribution in [0.3, 0.4) is 0 Å². The lowest BCUT2D eigenvalue weighted by Crippen LogP contribution is -2.09. The average molecular weight is 326 g/mol. The Morgan fingerprint density at radius 2 is 0.727 bits per heavy atom. The third-order valence-corrected chi connectivity index (χ3v) is 3.23. The molecule has 0 aliphatic rings. The van der Waals surface area contributed by atoms with Gasteiger partial charge in [0.1, 0.15) is 5.82 Å². The zero-order valence-electron chi connectivity index (χ0n) is 11.0. The van der Waals surface area contributed by atoms with Crippen molar-refractivity contribution in [3.63, 3.8) is 0 Å². The van der Waals surface area contributed by atoms with Gasteiger partial charge in [0.05, 0.1) is 5.56 Å². The topological polar surface area (TPSA) is 0 Å². The number of rotatable bonds is 1. The lowest BCUT2D eigenvalue weighted by molar-refractivity contribution is 0.380. The van der Waals surface area contributed by atoms with E-state index in [0.717, 1.165) is 13.8 Å². The molecule has 0 aliphatic carbocycles. The first-order chi connectivity index (χ1) is 10.1. The molecule has 0 nitrogen and oxygen atoms in total. The molecular weight excluding hydrogens is 320 g/mol. The molecule has 8 heteroatoms. The Hall–Kier alpha value is -2.12. The summed E-state index contributed by atoms with van der Waals surface area (Å²) in [6, 6.07) is 0. The fraction of sp³-hybridized carbons (Fsp3) is 0.143. The summed E-state index contributed by atoms with van der Waals surface area (Å²) in [5.74, 6) is -16.9. The normalized spacial score (nSPS) is 11.2. The maximum atomic E-state index is 13.9. The third-order valence-electron chi connectivity index (χ3n) is 3.23. The van der Waals surface area contributed by atoms with E-state index in [4.69, 9.17) is 0 Å². The van der Waals surface area contributed by atoms with Gasteiger partial charge in [-0.3, -0.25) is 0 Å². The smallest absolute Gasteiger partial charge is 0.200 e. The second kappa shape index (κ2) is 5.26. The van der Waals surface area contributed by atoms with Gasteiger partial charge in [0.15, 0.2) is 34.9 Å². The maximum Gasteiger partial charge on any atom is 0.200 e. The van der Waals surface area contributed by atoms with Crippen molar-refractivity contribution >= 4 is 0 Å². The Balaban J connectivity index is 3.03. The molecule has 0 bridgehead atoms. The average Bonchev–Trinajstić information content (AvgIpc) is 2.50. The Bertz CT molecular complexity index is 669. The summed E-state index contributed by atoms with van der Waals surface area (Å²) >= 11 is 0. The van der Waals surface area contributed by atoms with Gasteiger partial charge in [-0.2, -0.15) is 0 Å². The van der Waals surface area contributed by atoms with Crippen molar-refractivity contribution in [3.05, 3.63) is 57.7 Å². The molecule has 0 atom stereocenters. The zero-order valence-corrected chi connectivity index (χ0v) is 11.0. The largest absolute Gasteiger partial charge is 0.206 e. The van der Waals surface area contributed by atoms with Gasteiger partial charge in [-0.25, -0.2) is 35.1 Å². The van der Waals surface area contributed by atoms with Crippen molar-refractivity contribution in [2.75, 3.05) is 0 Å². The van der Waals surface area contributed by atoms with E-state index in [9.17, 15) is 35.1 Å². The van der Waals surface area contributed by atoms with Crippen LogP contribution in [0, 0.1) is 60.4 Å². The van der Waals surface area contributed by atoms with Gasteiger partial charge in [0.2, 0.25) is 5.82 Å². The van der Waals surface area contributed by atoms with Crippen LogP contribution in [0.1, 0.15) is 11.1 Å². The van der Waals surface area contributed by atoms with Crippen molar-refractivity contribution in [1.29, 1.82) is 0 Å². The molecule has 118 valence electrons. The van der Waals surface area contributed by atoms with Gasteiger partial charge < -0.3 is 0 Å². The highest BCUT2D eigenvalue weighted by molar-refractivity contribution is 5.70. The van der Waals surface area contributed by atoms with E-state index in [1.807, 2.05) is 0 Å². The van der Waals surface area contributed by atoms with E-state index in [-0.39, 0.29) is 0 Å². The first-order valence-corrected chi connectivity index (χ1v) is 5.76. The summed E-state index contributed by atoms with van der Waals surface area (Å²) in [6.07, 6.45) is 0. The number of hydrogen-bond acceptors (Lipinski definition) is 0. The van der Waals surface area contributed by atoms with Crippen LogP contribution in [0.4, 0.5) is 35.1 Å². The maximum absolute atomic E-state index is 13.9. The highest BCUT2D eigenvalue weighted by atomic mass is 19.2. The Labute approximate surface area is 119 Å². The second-order valence-corrected chi connectivity index (χ2v) is 4.51. The lowest BCUT2D eigenvalue weighted by Gasteiger charge is -2.14. The molecule has 0 aliphatic heterocycles. The molecule has 0 unspecified atom stereocenters. The minimum absolute atomic E-state index is 0.775. The van der Waals surface area contributed by atoms with Crippen molar-refractivity contribution in [3.8, 4) is 11.1 Å². The molecule has 0 saturated carbocycles. The molecule has 22 heavy (non-hydrogen) atoms. The molecule has 2 aromatic rings. The van der Waals surface area contributed by atoms with E-state index < -0.39 is 68.8 Å². The molecule has 0 fully saturated rings. The summed E-state index contributed by atoms with van der Waals surface area (Å²) in [6.45, 7) is 1.70. The summed E-state index contributed by atoms with van der Waals surface area (Å²) < 4.78 is 108. The zero-order chi connectivity index (χ0) is 16.9. The second-order valence-electron chi connectivity index (χ2n) is 4.51. The Kier molecular flexibility index (Phi) is 3.88. The highest BCUT2D eigenvalue weighted by Crippen LogP contribution is 2.37. The van der Waals surface area contributed by atoms with Crippen molar-refractivity contribution in [2.24, 2.45) is 0 Å². The van der Waals surface area contributed by atoms with Gasteiger partial charge in [-0.15, -0.1) is 0 Å². The van der Waals surface area contributed by atoms with E-state index in [2.05, 4.69) is 0 Å². The lowest BCUT2D eigenvalue weighted by atomic mass is 9.95. The molecule has 0 spiro atoms. The minimum Gasteiger partial charge on any atom is -0.206 e. The van der Waals surface area contributed by atoms with Crippen LogP contribution < -0.4 is 0 Å². The van der Waals surface area contributed by atoms with Gasteiger partial charge in [0.25, 0.3) is 0 Å². The van der Waals surface area contributed by atoms with Crippen LogP contribution in [-0.4, -0.2) is 0 Å². The molecule has 0 radical (unpaired) electrons. The van der Waals surface area contributed by atoms with Crippen LogP contribution in [0.2, 0.25) is 0 Å². The van der Waals surface area contributed by atoms with Crippen LogP contribution in [0.5, 0.6) is 0 Å². The molecule has 0 heterocycles. The standard InChI is InChI=1S/C14H6F8/c1-3-5(9(17)8(16)4(2)7(3)15)6-10(18)12(20)14(22)13(21)11(6)19/h1-2H3. The molecule has 0 aromatic heterocycles. The van der Waals surface area contributed by atoms with Gasteiger partial charge in [0, 0.05) is 11.1 Å². The van der Waals surface area contributed by atoms with Crippen LogP contribution in [-0.2, 0) is 0 Å². The Morgan fingerprint density at radius 3 is 1.18 bits per heavy atom. The molecule has 0 amide bonds. The van der Waals surface area contributed by atoms with Gasteiger partial charge in [-0.05, 0) is 19.4 Å². The van der Waals surface area contributed by atoms with Gasteiger partial charge in [-0.1, -0.05) is 0 Å². The van der Waals surface area contributed by atoms with Crippen LogP contribution >= 0.6 is 0 Å². The summed E-state index contributed by atoms with van der Waals surface area (Å²) in [5, 5.41) is 0. The van der Waals surface area contributed by atoms with Gasteiger partial charge >= 0.3 is 0 Å². The van der Waals surface area contributed by atoms with E-state index in [1.165, 1.54) is 0 Å². The van der Waals surface area contributed by atoms with Crippen molar-refractivity contribution in [1.82, 2.24) is 0 Å². The predicted molar refractivity (Wildman–Crippen MR) is 61.0 cm³/mol. The van der Waals surface area contributed by atoms with E-state index >= 15 is 0 Å². The molecular formula is C14H6F8. The fourth-order valence-electron chi connectivity index (χ4n) is 2.05. The highest BCUT2D eigenvalue weighted by Gasteiger charge is 2.31. The number of benzene rings is 2. The van der Waals surface area contributed by atoms with Crippen molar-refractivity contribution < 1.29 is 35.1 Å². The van der Waals surface area contributed by atoms with Crippen LogP contribution in [0.25, 0.3) is 11.1 Å². The number of halogens is 8. The van der Waals surface area contributed by atoms with Crippen LogP contribution in [0.15, 0.2) is 0 Å². The first kappa shape index (κ1) is 16.3. The molecule has 0 N–H and O–H groups in total. The molecule has 2 aromatic carbocycles. The summed E-state index contributed by atoms with van der Waals surface area (Å²) in [4.78, 5) is 0. The van der Waals surface area contributed by atoms with E-state index in [0.29, 0.717) is 0 Å². The van der Waals surface area contributed by atoms with Crippen molar-refractivity contribution in [2.45, 2.75) is 13.8 Å². The third kappa shape index (κ3) is 2.05. The quantitative estimate of drug-likeness (QED) is 0.389. The molecule has 0 saturated heterocycles. The first-order valence-electron chi connectivity index (χ1n) is 5.76. The predicted octanol–water partition coefficient (Wildman–Crippen LogP) is 5.08. The minimum atomic E-state index is -2.45.